The van der Waals surface area contributed by atoms with E-state index in [4.69, 9.17) is 4.74 Å². The van der Waals surface area contributed by atoms with Crippen molar-refractivity contribution in [3.05, 3.63) is 64.7 Å². The van der Waals surface area contributed by atoms with Crippen LogP contribution >= 0.6 is 0 Å². The standard InChI is InChI=1S/C25H30N2O4/c1-6-7-14-27-22(17-9-11-18(12-10-17)26(3)4)21(24(29)25(27)30)23(28)19-15-16(2)8-13-20(19)31-5/h8-13,15,22,28H,6-7,14H2,1-5H3/b23-21+. The molecule has 1 amide bonds. The zero-order valence-electron chi connectivity index (χ0n) is 18.8. The van der Waals surface area contributed by atoms with Gasteiger partial charge in [-0.3, -0.25) is 9.59 Å². The first-order valence-corrected chi connectivity index (χ1v) is 10.5. The molecule has 1 atom stereocenters. The van der Waals surface area contributed by atoms with E-state index in [0.717, 1.165) is 29.7 Å². The third kappa shape index (κ3) is 4.29. The Labute approximate surface area is 183 Å². The lowest BCUT2D eigenvalue weighted by molar-refractivity contribution is -0.139. The van der Waals surface area contributed by atoms with Gasteiger partial charge in [0.25, 0.3) is 11.7 Å². The maximum absolute atomic E-state index is 13.1. The molecular weight excluding hydrogens is 392 g/mol. The van der Waals surface area contributed by atoms with Crippen molar-refractivity contribution in [2.75, 3.05) is 32.6 Å². The van der Waals surface area contributed by atoms with Crippen LogP contribution < -0.4 is 9.64 Å². The van der Waals surface area contributed by atoms with Crippen molar-refractivity contribution in [1.29, 1.82) is 0 Å². The number of likely N-dealkylation sites (tertiary alicyclic amines) is 1. The second-order valence-electron chi connectivity index (χ2n) is 8.04. The number of aliphatic hydroxyl groups excluding tert-OH is 1. The molecule has 0 saturated carbocycles. The smallest absolute Gasteiger partial charge is 0.295 e. The molecule has 31 heavy (non-hydrogen) atoms. The van der Waals surface area contributed by atoms with E-state index in [1.807, 2.05) is 63.2 Å². The Morgan fingerprint density at radius 2 is 1.81 bits per heavy atom. The van der Waals surface area contributed by atoms with E-state index >= 15 is 0 Å². The molecule has 1 heterocycles. The van der Waals surface area contributed by atoms with Gasteiger partial charge < -0.3 is 19.6 Å². The van der Waals surface area contributed by atoms with Gasteiger partial charge in [0.15, 0.2) is 0 Å². The highest BCUT2D eigenvalue weighted by molar-refractivity contribution is 6.46. The van der Waals surface area contributed by atoms with E-state index in [9.17, 15) is 14.7 Å². The van der Waals surface area contributed by atoms with Crippen molar-refractivity contribution in [2.24, 2.45) is 0 Å². The van der Waals surface area contributed by atoms with Crippen molar-refractivity contribution in [1.82, 2.24) is 4.90 Å². The topological polar surface area (TPSA) is 70.1 Å². The monoisotopic (exact) mass is 422 g/mol. The summed E-state index contributed by atoms with van der Waals surface area (Å²) in [4.78, 5) is 29.6. The van der Waals surface area contributed by atoms with Crippen LogP contribution in [0.15, 0.2) is 48.0 Å². The molecule has 6 nitrogen and oxygen atoms in total. The van der Waals surface area contributed by atoms with Gasteiger partial charge in [-0.05, 0) is 43.2 Å². The Hall–Kier alpha value is -3.28. The van der Waals surface area contributed by atoms with Crippen LogP contribution in [0, 0.1) is 6.92 Å². The van der Waals surface area contributed by atoms with Crippen molar-refractivity contribution in [3.63, 3.8) is 0 Å². The molecule has 1 fully saturated rings. The molecule has 1 aliphatic rings. The molecule has 1 N–H and O–H groups in total. The zero-order chi connectivity index (χ0) is 22.7. The second-order valence-corrected chi connectivity index (χ2v) is 8.04. The van der Waals surface area contributed by atoms with E-state index in [0.29, 0.717) is 17.9 Å². The number of carbonyl (C=O) groups is 2. The normalized spacial score (nSPS) is 17.8. The number of Topliss-reactive ketones (excluding diaryl/α,β-unsaturated/α-hetero) is 1. The summed E-state index contributed by atoms with van der Waals surface area (Å²) in [7, 11) is 5.41. The molecular formula is C25H30N2O4. The molecule has 2 aromatic carbocycles. The number of anilines is 1. The summed E-state index contributed by atoms with van der Waals surface area (Å²) < 4.78 is 5.41. The summed E-state index contributed by atoms with van der Waals surface area (Å²) in [5.74, 6) is -1.01. The molecule has 2 aromatic rings. The Kier molecular flexibility index (Phi) is 6.68. The number of hydrogen-bond donors (Lipinski definition) is 1. The molecule has 1 aliphatic heterocycles. The summed E-state index contributed by atoms with van der Waals surface area (Å²) in [6, 6.07) is 12.4. The lowest BCUT2D eigenvalue weighted by atomic mass is 9.94. The highest BCUT2D eigenvalue weighted by Gasteiger charge is 2.46. The number of carbonyl (C=O) groups excluding carboxylic acids is 2. The van der Waals surface area contributed by atoms with Crippen molar-refractivity contribution in [2.45, 2.75) is 32.7 Å². The van der Waals surface area contributed by atoms with Gasteiger partial charge in [-0.15, -0.1) is 0 Å². The number of ether oxygens (including phenoxy) is 1. The number of methoxy groups -OCH3 is 1. The number of nitrogens with zero attached hydrogens (tertiary/aromatic N) is 2. The lowest BCUT2D eigenvalue weighted by Gasteiger charge is -2.26. The fourth-order valence-electron chi connectivity index (χ4n) is 3.89. The summed E-state index contributed by atoms with van der Waals surface area (Å²) in [5.41, 5.74) is 3.21. The molecule has 164 valence electrons. The Balaban J connectivity index is 2.20. The molecule has 0 bridgehead atoms. The Morgan fingerprint density at radius 3 is 2.39 bits per heavy atom. The predicted octanol–water partition coefficient (Wildman–Crippen LogP) is 4.29. The number of ketones is 1. The van der Waals surface area contributed by atoms with Crippen LogP contribution in [-0.4, -0.2) is 49.4 Å². The lowest BCUT2D eigenvalue weighted by Crippen LogP contribution is -2.30. The van der Waals surface area contributed by atoms with E-state index in [1.165, 1.54) is 7.11 Å². The third-order valence-corrected chi connectivity index (χ3v) is 5.63. The average Bonchev–Trinajstić information content (AvgIpc) is 3.01. The highest BCUT2D eigenvalue weighted by Crippen LogP contribution is 2.41. The van der Waals surface area contributed by atoms with Gasteiger partial charge in [0, 0.05) is 26.3 Å². The van der Waals surface area contributed by atoms with Gasteiger partial charge >= 0.3 is 0 Å². The van der Waals surface area contributed by atoms with Crippen LogP contribution in [-0.2, 0) is 9.59 Å². The molecule has 0 aromatic heterocycles. The van der Waals surface area contributed by atoms with Crippen molar-refractivity contribution < 1.29 is 19.4 Å². The average molecular weight is 423 g/mol. The first-order valence-electron chi connectivity index (χ1n) is 10.5. The second kappa shape index (κ2) is 9.25. The minimum absolute atomic E-state index is 0.0996. The molecule has 1 saturated heterocycles. The minimum Gasteiger partial charge on any atom is -0.507 e. The number of benzene rings is 2. The van der Waals surface area contributed by atoms with Crippen LogP contribution in [0.5, 0.6) is 5.75 Å². The quantitative estimate of drug-likeness (QED) is 0.409. The third-order valence-electron chi connectivity index (χ3n) is 5.63. The number of amides is 1. The first-order chi connectivity index (χ1) is 14.8. The predicted molar refractivity (Wildman–Crippen MR) is 122 cm³/mol. The van der Waals surface area contributed by atoms with Crippen LogP contribution in [0.25, 0.3) is 5.76 Å². The molecule has 0 radical (unpaired) electrons. The van der Waals surface area contributed by atoms with Gasteiger partial charge in [-0.2, -0.15) is 0 Å². The SMILES string of the molecule is CCCCN1C(=O)C(=O)/C(=C(/O)c2cc(C)ccc2OC)C1c1ccc(N(C)C)cc1. The number of rotatable bonds is 7. The molecule has 6 heteroatoms. The highest BCUT2D eigenvalue weighted by atomic mass is 16.5. The van der Waals surface area contributed by atoms with Crippen molar-refractivity contribution in [3.8, 4) is 5.75 Å². The van der Waals surface area contributed by atoms with Crippen LogP contribution in [0.1, 0.15) is 42.5 Å². The van der Waals surface area contributed by atoms with E-state index < -0.39 is 17.7 Å². The molecule has 1 unspecified atom stereocenters. The minimum atomic E-state index is -0.668. The van der Waals surface area contributed by atoms with Crippen molar-refractivity contribution >= 4 is 23.1 Å². The summed E-state index contributed by atoms with van der Waals surface area (Å²) >= 11 is 0. The fraction of sp³-hybridized carbons (Fsp3) is 0.360. The van der Waals surface area contributed by atoms with Crippen LogP contribution in [0.3, 0.4) is 0 Å². The van der Waals surface area contributed by atoms with Gasteiger partial charge in [0.05, 0.1) is 24.3 Å². The van der Waals surface area contributed by atoms with E-state index in [2.05, 4.69) is 0 Å². The van der Waals surface area contributed by atoms with Crippen LogP contribution in [0.4, 0.5) is 5.69 Å². The first kappa shape index (κ1) is 22.4. The van der Waals surface area contributed by atoms with Gasteiger partial charge in [0.2, 0.25) is 0 Å². The Morgan fingerprint density at radius 1 is 1.13 bits per heavy atom. The van der Waals surface area contributed by atoms with E-state index in [-0.39, 0.29) is 11.3 Å². The summed E-state index contributed by atoms with van der Waals surface area (Å²) in [6.45, 7) is 4.38. The number of aryl methyl sites for hydroxylation is 1. The summed E-state index contributed by atoms with van der Waals surface area (Å²) in [5, 5.41) is 11.3. The van der Waals surface area contributed by atoms with Gasteiger partial charge in [-0.25, -0.2) is 0 Å². The zero-order valence-corrected chi connectivity index (χ0v) is 18.8. The van der Waals surface area contributed by atoms with Gasteiger partial charge in [-0.1, -0.05) is 37.1 Å². The largest absolute Gasteiger partial charge is 0.507 e. The van der Waals surface area contributed by atoms with Crippen LogP contribution in [0.2, 0.25) is 0 Å². The Bertz CT molecular complexity index is 1010. The number of unbranched alkanes of at least 4 members (excludes halogenated alkanes) is 1. The number of aliphatic hydroxyl groups is 1. The maximum Gasteiger partial charge on any atom is 0.295 e. The fourth-order valence-corrected chi connectivity index (χ4v) is 3.89. The van der Waals surface area contributed by atoms with Gasteiger partial charge in [0.1, 0.15) is 11.5 Å². The summed E-state index contributed by atoms with van der Waals surface area (Å²) in [6.07, 6.45) is 1.66. The molecule has 0 aliphatic carbocycles. The molecule has 0 spiro atoms. The van der Waals surface area contributed by atoms with E-state index in [1.54, 1.807) is 17.0 Å². The number of hydrogen-bond acceptors (Lipinski definition) is 5. The maximum atomic E-state index is 13.1. The molecule has 3 rings (SSSR count).